The standard InChI is InChI=1S/C26H35NO6/c1-8-26(15-20(28)30-7)14-13-25(6,31-16-26)19-11-9-18(10-12-19)22-21(17(2)27-33-22)23(29)32-24(3,4)5/h9-12H,8,13-16H2,1-7H3. The van der Waals surface area contributed by atoms with Crippen LogP contribution < -0.4 is 0 Å². The van der Waals surface area contributed by atoms with Crippen LogP contribution in [0.1, 0.15) is 81.9 Å². The first kappa shape index (κ1) is 25.0. The maximum Gasteiger partial charge on any atom is 0.344 e. The number of benzene rings is 1. The van der Waals surface area contributed by atoms with Gasteiger partial charge in [-0.15, -0.1) is 0 Å². The van der Waals surface area contributed by atoms with E-state index in [1.54, 1.807) is 6.92 Å². The number of nitrogens with zero attached hydrogens (tertiary/aromatic N) is 1. The van der Waals surface area contributed by atoms with Crippen LogP contribution in [0.25, 0.3) is 11.3 Å². The van der Waals surface area contributed by atoms with Crippen LogP contribution in [0.3, 0.4) is 0 Å². The second kappa shape index (κ2) is 9.29. The average molecular weight is 458 g/mol. The number of hydrogen-bond acceptors (Lipinski definition) is 7. The molecule has 33 heavy (non-hydrogen) atoms. The normalized spacial score (nSPS) is 23.2. The number of esters is 2. The predicted octanol–water partition coefficient (Wildman–Crippen LogP) is 5.59. The van der Waals surface area contributed by atoms with Crippen molar-refractivity contribution in [1.82, 2.24) is 5.16 Å². The van der Waals surface area contributed by atoms with E-state index in [-0.39, 0.29) is 11.4 Å². The summed E-state index contributed by atoms with van der Waals surface area (Å²) < 4.78 is 22.3. The number of hydrogen-bond donors (Lipinski definition) is 0. The molecule has 0 saturated carbocycles. The Labute approximate surface area is 195 Å². The predicted molar refractivity (Wildman–Crippen MR) is 124 cm³/mol. The van der Waals surface area contributed by atoms with Gasteiger partial charge in [0.25, 0.3) is 0 Å². The summed E-state index contributed by atoms with van der Waals surface area (Å²) in [6.45, 7) is 11.9. The summed E-state index contributed by atoms with van der Waals surface area (Å²) in [7, 11) is 1.42. The van der Waals surface area contributed by atoms with Crippen molar-refractivity contribution >= 4 is 11.9 Å². The van der Waals surface area contributed by atoms with Crippen molar-refractivity contribution in [2.45, 2.75) is 78.4 Å². The SMILES string of the molecule is CCC1(CC(=O)OC)CCC(C)(c2ccc(-c3onc(C)c3C(=O)OC(C)(C)C)cc2)OC1. The summed E-state index contributed by atoms with van der Waals surface area (Å²) in [6.07, 6.45) is 2.89. The van der Waals surface area contributed by atoms with Crippen LogP contribution in [0.5, 0.6) is 0 Å². The fourth-order valence-electron chi connectivity index (χ4n) is 4.22. The van der Waals surface area contributed by atoms with Crippen molar-refractivity contribution in [2.75, 3.05) is 13.7 Å². The highest BCUT2D eigenvalue weighted by Gasteiger charge is 2.42. The number of rotatable bonds is 6. The molecule has 7 heteroatoms. The lowest BCUT2D eigenvalue weighted by Gasteiger charge is -2.44. The maximum atomic E-state index is 12.7. The molecule has 1 aromatic carbocycles. The van der Waals surface area contributed by atoms with E-state index in [1.807, 2.05) is 45.0 Å². The summed E-state index contributed by atoms with van der Waals surface area (Å²) in [5.74, 6) is -0.257. The van der Waals surface area contributed by atoms with Crippen LogP contribution in [0.4, 0.5) is 0 Å². The molecule has 180 valence electrons. The Morgan fingerprint density at radius 2 is 1.82 bits per heavy atom. The Bertz CT molecular complexity index is 991. The molecule has 1 saturated heterocycles. The molecule has 0 radical (unpaired) electrons. The van der Waals surface area contributed by atoms with E-state index >= 15 is 0 Å². The van der Waals surface area contributed by atoms with Gasteiger partial charge < -0.3 is 18.7 Å². The molecular weight excluding hydrogens is 422 g/mol. The molecule has 1 aliphatic heterocycles. The molecule has 0 amide bonds. The number of aromatic nitrogens is 1. The van der Waals surface area contributed by atoms with Crippen LogP contribution in [-0.4, -0.2) is 36.4 Å². The number of ether oxygens (including phenoxy) is 3. The molecule has 0 aliphatic carbocycles. The van der Waals surface area contributed by atoms with Crippen molar-refractivity contribution in [3.05, 3.63) is 41.1 Å². The second-order valence-electron chi connectivity index (χ2n) is 10.2. The molecule has 1 fully saturated rings. The quantitative estimate of drug-likeness (QED) is 0.522. The van der Waals surface area contributed by atoms with Gasteiger partial charge in [0.05, 0.1) is 31.4 Å². The largest absolute Gasteiger partial charge is 0.469 e. The maximum absolute atomic E-state index is 12.7. The Morgan fingerprint density at radius 3 is 2.33 bits per heavy atom. The van der Waals surface area contributed by atoms with Crippen LogP contribution in [-0.2, 0) is 24.6 Å². The molecule has 0 N–H and O–H groups in total. The minimum absolute atomic E-state index is 0.188. The van der Waals surface area contributed by atoms with Gasteiger partial charge in [0.15, 0.2) is 5.76 Å². The van der Waals surface area contributed by atoms with Crippen molar-refractivity contribution in [1.29, 1.82) is 0 Å². The zero-order valence-electron chi connectivity index (χ0n) is 20.7. The van der Waals surface area contributed by atoms with Gasteiger partial charge in [0.1, 0.15) is 11.2 Å². The van der Waals surface area contributed by atoms with E-state index in [1.165, 1.54) is 7.11 Å². The first-order valence-corrected chi connectivity index (χ1v) is 11.4. The van der Waals surface area contributed by atoms with Gasteiger partial charge in [0, 0.05) is 11.0 Å². The highest BCUT2D eigenvalue weighted by atomic mass is 16.6. The fourth-order valence-corrected chi connectivity index (χ4v) is 4.22. The van der Waals surface area contributed by atoms with Gasteiger partial charge >= 0.3 is 11.9 Å². The Morgan fingerprint density at radius 1 is 1.15 bits per heavy atom. The molecule has 1 aliphatic rings. The molecule has 0 bridgehead atoms. The molecule has 0 spiro atoms. The Hall–Kier alpha value is -2.67. The minimum atomic E-state index is -0.615. The number of carbonyl (C=O) groups excluding carboxylic acids is 2. The number of carbonyl (C=O) groups is 2. The van der Waals surface area contributed by atoms with Gasteiger partial charge in [-0.05, 0) is 59.4 Å². The zero-order valence-corrected chi connectivity index (χ0v) is 20.7. The fraction of sp³-hybridized carbons (Fsp3) is 0.577. The lowest BCUT2D eigenvalue weighted by molar-refractivity contribution is -0.158. The van der Waals surface area contributed by atoms with Crippen LogP contribution in [0.2, 0.25) is 0 Å². The third-order valence-electron chi connectivity index (χ3n) is 6.55. The van der Waals surface area contributed by atoms with Gasteiger partial charge in [-0.1, -0.05) is 36.3 Å². The van der Waals surface area contributed by atoms with Crippen molar-refractivity contribution < 1.29 is 28.3 Å². The summed E-state index contributed by atoms with van der Waals surface area (Å²) >= 11 is 0. The zero-order chi connectivity index (χ0) is 24.4. The second-order valence-corrected chi connectivity index (χ2v) is 10.2. The average Bonchev–Trinajstić information content (AvgIpc) is 3.16. The van der Waals surface area contributed by atoms with Gasteiger partial charge in [0.2, 0.25) is 0 Å². The van der Waals surface area contributed by atoms with Crippen molar-refractivity contribution in [3.8, 4) is 11.3 Å². The van der Waals surface area contributed by atoms with Gasteiger partial charge in [-0.2, -0.15) is 0 Å². The van der Waals surface area contributed by atoms with E-state index in [2.05, 4.69) is 19.0 Å². The monoisotopic (exact) mass is 457 g/mol. The van der Waals surface area contributed by atoms with E-state index in [9.17, 15) is 9.59 Å². The topological polar surface area (TPSA) is 87.9 Å². The molecule has 2 unspecified atom stereocenters. The third kappa shape index (κ3) is 5.46. The molecule has 2 heterocycles. The number of methoxy groups -OCH3 is 1. The van der Waals surface area contributed by atoms with Crippen LogP contribution in [0, 0.1) is 12.3 Å². The molecule has 7 nitrogen and oxygen atoms in total. The van der Waals surface area contributed by atoms with E-state index in [0.717, 1.165) is 30.4 Å². The van der Waals surface area contributed by atoms with Gasteiger partial charge in [-0.25, -0.2) is 4.79 Å². The summed E-state index contributed by atoms with van der Waals surface area (Å²) in [5.41, 5.74) is 1.35. The third-order valence-corrected chi connectivity index (χ3v) is 6.55. The molecular formula is C26H35NO6. The van der Waals surface area contributed by atoms with Crippen molar-refractivity contribution in [2.24, 2.45) is 5.41 Å². The Balaban J connectivity index is 1.79. The number of aryl methyl sites for hydroxylation is 1. The lowest BCUT2D eigenvalue weighted by Crippen LogP contribution is -2.42. The Kier molecular flexibility index (Phi) is 7.03. The van der Waals surface area contributed by atoms with Crippen molar-refractivity contribution in [3.63, 3.8) is 0 Å². The summed E-state index contributed by atoms with van der Waals surface area (Å²) in [6, 6.07) is 7.80. The first-order valence-electron chi connectivity index (χ1n) is 11.4. The molecule has 2 aromatic rings. The van der Waals surface area contributed by atoms with E-state index < -0.39 is 17.2 Å². The first-order chi connectivity index (χ1) is 15.4. The minimum Gasteiger partial charge on any atom is -0.469 e. The molecule has 2 atom stereocenters. The summed E-state index contributed by atoms with van der Waals surface area (Å²) in [4.78, 5) is 24.6. The van der Waals surface area contributed by atoms with Gasteiger partial charge in [-0.3, -0.25) is 4.79 Å². The highest BCUT2D eigenvalue weighted by Crippen LogP contribution is 2.45. The lowest BCUT2D eigenvalue weighted by atomic mass is 9.72. The van der Waals surface area contributed by atoms with E-state index in [4.69, 9.17) is 18.7 Å². The molecule has 1 aromatic heterocycles. The smallest absolute Gasteiger partial charge is 0.344 e. The molecule has 3 rings (SSSR count). The summed E-state index contributed by atoms with van der Waals surface area (Å²) in [5, 5.41) is 3.99. The van der Waals surface area contributed by atoms with E-state index in [0.29, 0.717) is 30.0 Å². The highest BCUT2D eigenvalue weighted by molar-refractivity contribution is 5.97. The van der Waals surface area contributed by atoms with Crippen LogP contribution >= 0.6 is 0 Å². The van der Waals surface area contributed by atoms with Crippen LogP contribution in [0.15, 0.2) is 28.8 Å².